The maximum Gasteiger partial charge on any atom is 0.322 e. The highest BCUT2D eigenvalue weighted by atomic mass is 32.1. The van der Waals surface area contributed by atoms with Crippen molar-refractivity contribution in [1.82, 2.24) is 10.3 Å². The Hall–Kier alpha value is -4.04. The zero-order valence-corrected chi connectivity index (χ0v) is 19.7. The molecule has 0 atom stereocenters. The lowest BCUT2D eigenvalue weighted by molar-refractivity contribution is -0.135. The predicted octanol–water partition coefficient (Wildman–Crippen LogP) is 5.01. The third-order valence-electron chi connectivity index (χ3n) is 5.41. The van der Waals surface area contributed by atoms with Gasteiger partial charge in [0, 0.05) is 29.6 Å². The number of halogens is 1. The van der Waals surface area contributed by atoms with Crippen molar-refractivity contribution < 1.29 is 19.1 Å². The van der Waals surface area contributed by atoms with Gasteiger partial charge < -0.3 is 15.3 Å². The highest BCUT2D eigenvalue weighted by molar-refractivity contribution is 7.14. The van der Waals surface area contributed by atoms with Crippen LogP contribution in [0.2, 0.25) is 0 Å². The first-order valence-corrected chi connectivity index (χ1v) is 11.9. The average Bonchev–Trinajstić information content (AvgIpc) is 3.37. The molecule has 0 saturated heterocycles. The second-order valence-corrected chi connectivity index (χ2v) is 8.79. The molecule has 0 saturated carbocycles. The van der Waals surface area contributed by atoms with Gasteiger partial charge in [0.1, 0.15) is 12.4 Å². The number of carboxylic acids is 1. The van der Waals surface area contributed by atoms with Gasteiger partial charge in [-0.05, 0) is 53.9 Å². The third-order valence-corrected chi connectivity index (χ3v) is 6.31. The lowest BCUT2D eigenvalue weighted by Crippen LogP contribution is -2.29. The first-order valence-electron chi connectivity index (χ1n) is 11.1. The summed E-state index contributed by atoms with van der Waals surface area (Å²) in [4.78, 5) is 29.8. The Morgan fingerprint density at radius 2 is 1.66 bits per heavy atom. The summed E-state index contributed by atoms with van der Waals surface area (Å²) in [5, 5.41) is 13.9. The number of aromatic nitrogens is 1. The van der Waals surface area contributed by atoms with Gasteiger partial charge in [-0.3, -0.25) is 9.59 Å². The van der Waals surface area contributed by atoms with E-state index in [0.717, 1.165) is 34.9 Å². The van der Waals surface area contributed by atoms with E-state index in [4.69, 9.17) is 10.1 Å². The van der Waals surface area contributed by atoms with Crippen molar-refractivity contribution in [2.24, 2.45) is 0 Å². The molecule has 0 spiro atoms. The lowest BCUT2D eigenvalue weighted by atomic mass is 10.1. The molecule has 0 aliphatic heterocycles. The Bertz CT molecular complexity index is 1280. The summed E-state index contributed by atoms with van der Waals surface area (Å²) in [6.07, 6.45) is 0.835. The standard InChI is InChI=1S/C27H24FN3O3S/c28-23-12-10-21(11-13-23)24-18-35-27(30-24)31(15-14-19-4-2-1-3-5-19)17-20-6-8-22(9-7-20)26(34)29-16-25(32)33/h1-13,18H,14-17H2,(H,29,34)(H,32,33). The molecule has 2 N–H and O–H groups in total. The summed E-state index contributed by atoms with van der Waals surface area (Å²) >= 11 is 1.53. The van der Waals surface area contributed by atoms with Gasteiger partial charge in [-0.25, -0.2) is 9.37 Å². The van der Waals surface area contributed by atoms with Crippen LogP contribution < -0.4 is 10.2 Å². The van der Waals surface area contributed by atoms with E-state index in [1.807, 2.05) is 35.7 Å². The number of amides is 1. The highest BCUT2D eigenvalue weighted by Crippen LogP contribution is 2.29. The Labute approximate surface area is 206 Å². The van der Waals surface area contributed by atoms with Crippen molar-refractivity contribution in [2.45, 2.75) is 13.0 Å². The number of anilines is 1. The van der Waals surface area contributed by atoms with Crippen LogP contribution >= 0.6 is 11.3 Å². The maximum absolute atomic E-state index is 13.3. The van der Waals surface area contributed by atoms with Gasteiger partial charge in [-0.1, -0.05) is 42.5 Å². The number of carbonyl (C=O) groups is 2. The zero-order chi connectivity index (χ0) is 24.6. The van der Waals surface area contributed by atoms with Crippen molar-refractivity contribution in [3.05, 3.63) is 107 Å². The molecular weight excluding hydrogens is 465 g/mol. The van der Waals surface area contributed by atoms with E-state index in [9.17, 15) is 14.0 Å². The van der Waals surface area contributed by atoms with Gasteiger partial charge in [-0.2, -0.15) is 0 Å². The Balaban J connectivity index is 1.51. The molecule has 0 radical (unpaired) electrons. The van der Waals surface area contributed by atoms with Gasteiger partial charge in [0.25, 0.3) is 5.91 Å². The lowest BCUT2D eigenvalue weighted by Gasteiger charge is -2.22. The number of hydrogen-bond acceptors (Lipinski definition) is 5. The molecule has 178 valence electrons. The maximum atomic E-state index is 13.3. The number of nitrogens with one attached hydrogen (secondary N) is 1. The van der Waals surface area contributed by atoms with E-state index >= 15 is 0 Å². The SMILES string of the molecule is O=C(O)CNC(=O)c1ccc(CN(CCc2ccccc2)c2nc(-c3ccc(F)cc3)cs2)cc1. The fourth-order valence-electron chi connectivity index (χ4n) is 3.55. The van der Waals surface area contributed by atoms with Crippen LogP contribution in [-0.4, -0.2) is 35.1 Å². The molecule has 0 unspecified atom stereocenters. The van der Waals surface area contributed by atoms with Gasteiger partial charge in [-0.15, -0.1) is 11.3 Å². The van der Waals surface area contributed by atoms with Gasteiger partial charge in [0.2, 0.25) is 0 Å². The second-order valence-electron chi connectivity index (χ2n) is 7.95. The average molecular weight is 490 g/mol. The van der Waals surface area contributed by atoms with Crippen LogP contribution in [0.15, 0.2) is 84.2 Å². The monoisotopic (exact) mass is 489 g/mol. The van der Waals surface area contributed by atoms with Crippen molar-refractivity contribution in [1.29, 1.82) is 0 Å². The van der Waals surface area contributed by atoms with Gasteiger partial charge in [0.15, 0.2) is 5.13 Å². The van der Waals surface area contributed by atoms with Crippen molar-refractivity contribution >= 4 is 28.3 Å². The Kier molecular flexibility index (Phi) is 7.84. The summed E-state index contributed by atoms with van der Waals surface area (Å²) in [5.74, 6) is -1.80. The van der Waals surface area contributed by atoms with E-state index in [2.05, 4.69) is 22.3 Å². The summed E-state index contributed by atoms with van der Waals surface area (Å²) in [5.41, 5.74) is 4.26. The molecular formula is C27H24FN3O3S. The molecule has 1 heterocycles. The fourth-order valence-corrected chi connectivity index (χ4v) is 4.42. The first-order chi connectivity index (χ1) is 17.0. The molecule has 8 heteroatoms. The molecule has 0 aliphatic carbocycles. The minimum atomic E-state index is -1.09. The van der Waals surface area contributed by atoms with Crippen LogP contribution in [0, 0.1) is 5.82 Å². The number of carbonyl (C=O) groups excluding carboxylic acids is 1. The van der Waals surface area contributed by atoms with Crippen LogP contribution in [0.25, 0.3) is 11.3 Å². The number of thiazole rings is 1. The fraction of sp³-hybridized carbons (Fsp3) is 0.148. The topological polar surface area (TPSA) is 82.5 Å². The van der Waals surface area contributed by atoms with E-state index in [-0.39, 0.29) is 5.82 Å². The van der Waals surface area contributed by atoms with E-state index < -0.39 is 18.4 Å². The van der Waals surface area contributed by atoms with Crippen LogP contribution in [0.3, 0.4) is 0 Å². The van der Waals surface area contributed by atoms with Crippen LogP contribution in [0.5, 0.6) is 0 Å². The van der Waals surface area contributed by atoms with Crippen molar-refractivity contribution in [3.8, 4) is 11.3 Å². The van der Waals surface area contributed by atoms with Crippen LogP contribution in [0.1, 0.15) is 21.5 Å². The molecule has 0 aliphatic rings. The smallest absolute Gasteiger partial charge is 0.322 e. The minimum Gasteiger partial charge on any atom is -0.480 e. The zero-order valence-electron chi connectivity index (χ0n) is 18.9. The molecule has 3 aromatic carbocycles. The minimum absolute atomic E-state index is 0.284. The molecule has 35 heavy (non-hydrogen) atoms. The normalized spacial score (nSPS) is 10.7. The van der Waals surface area contributed by atoms with Gasteiger partial charge in [0.05, 0.1) is 5.69 Å². The molecule has 1 amide bonds. The van der Waals surface area contributed by atoms with E-state index in [0.29, 0.717) is 12.1 Å². The van der Waals surface area contributed by atoms with E-state index in [1.165, 1.54) is 29.0 Å². The second kappa shape index (κ2) is 11.4. The Morgan fingerprint density at radius 3 is 2.34 bits per heavy atom. The highest BCUT2D eigenvalue weighted by Gasteiger charge is 2.14. The van der Waals surface area contributed by atoms with Crippen molar-refractivity contribution in [3.63, 3.8) is 0 Å². The Morgan fingerprint density at radius 1 is 0.943 bits per heavy atom. The largest absolute Gasteiger partial charge is 0.480 e. The molecule has 1 aromatic heterocycles. The van der Waals surface area contributed by atoms with E-state index in [1.54, 1.807) is 24.3 Å². The number of rotatable bonds is 10. The molecule has 6 nitrogen and oxygen atoms in total. The number of aliphatic carboxylic acids is 1. The third kappa shape index (κ3) is 6.74. The predicted molar refractivity (Wildman–Crippen MR) is 135 cm³/mol. The van der Waals surface area contributed by atoms with Crippen LogP contribution in [0.4, 0.5) is 9.52 Å². The number of hydrogen-bond donors (Lipinski definition) is 2. The molecule has 0 bridgehead atoms. The van der Waals surface area contributed by atoms with Crippen LogP contribution in [-0.2, 0) is 17.8 Å². The molecule has 4 aromatic rings. The summed E-state index contributed by atoms with van der Waals surface area (Å²) in [6.45, 7) is 0.899. The molecule has 4 rings (SSSR count). The number of carboxylic acid groups (broad SMARTS) is 1. The first kappa shape index (κ1) is 24.1. The molecule has 0 fully saturated rings. The summed E-state index contributed by atoms with van der Waals surface area (Å²) in [7, 11) is 0. The quantitative estimate of drug-likeness (QED) is 0.327. The summed E-state index contributed by atoms with van der Waals surface area (Å²) < 4.78 is 13.3. The number of benzene rings is 3. The van der Waals surface area contributed by atoms with Crippen molar-refractivity contribution in [2.75, 3.05) is 18.0 Å². The number of nitrogens with zero attached hydrogens (tertiary/aromatic N) is 2. The summed E-state index contributed by atoms with van der Waals surface area (Å²) in [6, 6.07) is 23.6. The van der Waals surface area contributed by atoms with Gasteiger partial charge >= 0.3 is 5.97 Å².